The second-order valence-corrected chi connectivity index (χ2v) is 4.97. The molecule has 0 radical (unpaired) electrons. The predicted molar refractivity (Wildman–Crippen MR) is 80.4 cm³/mol. The lowest BCUT2D eigenvalue weighted by Crippen LogP contribution is -2.39. The summed E-state index contributed by atoms with van der Waals surface area (Å²) >= 11 is 0. The number of likely N-dealkylation sites (N-methyl/N-ethyl adjacent to an activating group) is 1. The number of anilines is 1. The highest BCUT2D eigenvalue weighted by molar-refractivity contribution is 5.50. The fourth-order valence-corrected chi connectivity index (χ4v) is 2.95. The third-order valence-corrected chi connectivity index (χ3v) is 3.87. The van der Waals surface area contributed by atoms with E-state index in [0.717, 1.165) is 19.6 Å². The van der Waals surface area contributed by atoms with Gasteiger partial charge in [-0.1, -0.05) is 42.5 Å². The van der Waals surface area contributed by atoms with Crippen LogP contribution in [-0.4, -0.2) is 13.1 Å². The number of hydrogen-bond acceptors (Lipinski definition) is 2. The van der Waals surface area contributed by atoms with Crippen LogP contribution in [0.3, 0.4) is 0 Å². The molecule has 0 saturated carbocycles. The van der Waals surface area contributed by atoms with E-state index in [4.69, 9.17) is 0 Å². The highest BCUT2D eigenvalue weighted by Crippen LogP contribution is 2.30. The molecule has 0 spiro atoms. The standard InChI is InChI=1S/C17H20N2/c1-2-19(15-9-4-3-5-10-15)17-13-18-12-14-8-6-7-11-16(14)17/h3-11,17-18H,2,12-13H2,1H3. The van der Waals surface area contributed by atoms with E-state index in [1.165, 1.54) is 16.8 Å². The van der Waals surface area contributed by atoms with Crippen molar-refractivity contribution >= 4 is 5.69 Å². The van der Waals surface area contributed by atoms with Crippen molar-refractivity contribution in [2.45, 2.75) is 19.5 Å². The van der Waals surface area contributed by atoms with Gasteiger partial charge in [-0.05, 0) is 30.2 Å². The summed E-state index contributed by atoms with van der Waals surface area (Å²) in [5, 5.41) is 3.53. The summed E-state index contributed by atoms with van der Waals surface area (Å²) in [6, 6.07) is 19.9. The van der Waals surface area contributed by atoms with E-state index >= 15 is 0 Å². The van der Waals surface area contributed by atoms with E-state index in [1.54, 1.807) is 0 Å². The first-order valence-electron chi connectivity index (χ1n) is 7.00. The van der Waals surface area contributed by atoms with Gasteiger partial charge in [-0.3, -0.25) is 0 Å². The summed E-state index contributed by atoms with van der Waals surface area (Å²) in [5.74, 6) is 0. The van der Waals surface area contributed by atoms with Crippen molar-refractivity contribution in [1.29, 1.82) is 0 Å². The summed E-state index contributed by atoms with van der Waals surface area (Å²) in [4.78, 5) is 2.48. The predicted octanol–water partition coefficient (Wildman–Crippen LogP) is 3.36. The zero-order valence-electron chi connectivity index (χ0n) is 11.3. The Morgan fingerprint density at radius 1 is 1.05 bits per heavy atom. The Kier molecular flexibility index (Phi) is 3.51. The Bertz CT molecular complexity index is 536. The molecule has 0 fully saturated rings. The molecule has 2 heteroatoms. The number of nitrogens with zero attached hydrogens (tertiary/aromatic N) is 1. The zero-order chi connectivity index (χ0) is 13.1. The van der Waals surface area contributed by atoms with Crippen LogP contribution in [0, 0.1) is 0 Å². The zero-order valence-corrected chi connectivity index (χ0v) is 11.3. The van der Waals surface area contributed by atoms with Gasteiger partial charge in [0.25, 0.3) is 0 Å². The lowest BCUT2D eigenvalue weighted by atomic mass is 9.95. The molecule has 0 aromatic heterocycles. The van der Waals surface area contributed by atoms with E-state index < -0.39 is 0 Å². The highest BCUT2D eigenvalue weighted by atomic mass is 15.2. The molecule has 1 aliphatic heterocycles. The Morgan fingerprint density at radius 2 is 1.79 bits per heavy atom. The SMILES string of the molecule is CCN(c1ccccc1)C1CNCc2ccccc21. The van der Waals surface area contributed by atoms with E-state index in [1.807, 2.05) is 0 Å². The van der Waals surface area contributed by atoms with Crippen molar-refractivity contribution in [3.05, 3.63) is 65.7 Å². The van der Waals surface area contributed by atoms with Gasteiger partial charge < -0.3 is 10.2 Å². The number of rotatable bonds is 3. The van der Waals surface area contributed by atoms with Crippen molar-refractivity contribution in [1.82, 2.24) is 5.32 Å². The molecular formula is C17H20N2. The van der Waals surface area contributed by atoms with Gasteiger partial charge >= 0.3 is 0 Å². The first kappa shape index (κ1) is 12.2. The Hall–Kier alpha value is -1.80. The normalized spacial score (nSPS) is 17.8. The topological polar surface area (TPSA) is 15.3 Å². The smallest absolute Gasteiger partial charge is 0.0670 e. The minimum absolute atomic E-state index is 0.428. The molecule has 2 aromatic rings. The average molecular weight is 252 g/mol. The summed E-state index contributed by atoms with van der Waals surface area (Å²) in [5.41, 5.74) is 4.19. The van der Waals surface area contributed by atoms with Gasteiger partial charge in [-0.2, -0.15) is 0 Å². The molecule has 1 unspecified atom stereocenters. The molecule has 19 heavy (non-hydrogen) atoms. The Morgan fingerprint density at radius 3 is 2.58 bits per heavy atom. The summed E-state index contributed by atoms with van der Waals surface area (Å²) in [6.45, 7) is 5.24. The van der Waals surface area contributed by atoms with Crippen LogP contribution in [0.5, 0.6) is 0 Å². The Balaban J connectivity index is 1.97. The molecule has 3 rings (SSSR count). The van der Waals surface area contributed by atoms with Crippen LogP contribution in [0.1, 0.15) is 24.1 Å². The van der Waals surface area contributed by atoms with Gasteiger partial charge in [0.05, 0.1) is 6.04 Å². The maximum atomic E-state index is 3.53. The van der Waals surface area contributed by atoms with Crippen molar-refractivity contribution in [2.75, 3.05) is 18.0 Å². The molecule has 1 heterocycles. The molecule has 0 amide bonds. The maximum Gasteiger partial charge on any atom is 0.0670 e. The second kappa shape index (κ2) is 5.45. The molecule has 2 aromatic carbocycles. The van der Waals surface area contributed by atoms with Crippen LogP contribution in [-0.2, 0) is 6.54 Å². The molecule has 1 aliphatic rings. The molecule has 1 atom stereocenters. The van der Waals surface area contributed by atoms with E-state index in [-0.39, 0.29) is 0 Å². The molecule has 98 valence electrons. The molecule has 2 nitrogen and oxygen atoms in total. The van der Waals surface area contributed by atoms with Crippen LogP contribution in [0.2, 0.25) is 0 Å². The fraction of sp³-hybridized carbons (Fsp3) is 0.294. The number of para-hydroxylation sites is 1. The minimum atomic E-state index is 0.428. The second-order valence-electron chi connectivity index (χ2n) is 4.97. The third-order valence-electron chi connectivity index (χ3n) is 3.87. The van der Waals surface area contributed by atoms with Crippen LogP contribution in [0.25, 0.3) is 0 Å². The van der Waals surface area contributed by atoms with E-state index in [2.05, 4.69) is 71.7 Å². The molecule has 0 saturated heterocycles. The van der Waals surface area contributed by atoms with Crippen LogP contribution >= 0.6 is 0 Å². The van der Waals surface area contributed by atoms with Crippen LogP contribution < -0.4 is 10.2 Å². The Labute approximate surface area is 115 Å². The van der Waals surface area contributed by atoms with Crippen molar-refractivity contribution in [3.63, 3.8) is 0 Å². The third kappa shape index (κ3) is 2.36. The van der Waals surface area contributed by atoms with E-state index in [9.17, 15) is 0 Å². The van der Waals surface area contributed by atoms with E-state index in [0.29, 0.717) is 6.04 Å². The average Bonchev–Trinajstić information content (AvgIpc) is 2.49. The van der Waals surface area contributed by atoms with Gasteiger partial charge in [-0.15, -0.1) is 0 Å². The van der Waals surface area contributed by atoms with Gasteiger partial charge in [0.15, 0.2) is 0 Å². The summed E-state index contributed by atoms with van der Waals surface area (Å²) < 4.78 is 0. The lowest BCUT2D eigenvalue weighted by Gasteiger charge is -2.37. The van der Waals surface area contributed by atoms with Crippen molar-refractivity contribution in [2.24, 2.45) is 0 Å². The van der Waals surface area contributed by atoms with Gasteiger partial charge in [0.1, 0.15) is 0 Å². The fourth-order valence-electron chi connectivity index (χ4n) is 2.95. The first-order chi connectivity index (χ1) is 9.40. The van der Waals surface area contributed by atoms with Crippen LogP contribution in [0.4, 0.5) is 5.69 Å². The summed E-state index contributed by atoms with van der Waals surface area (Å²) in [7, 11) is 0. The largest absolute Gasteiger partial charge is 0.363 e. The highest BCUT2D eigenvalue weighted by Gasteiger charge is 2.24. The monoisotopic (exact) mass is 252 g/mol. The van der Waals surface area contributed by atoms with Gasteiger partial charge in [0.2, 0.25) is 0 Å². The van der Waals surface area contributed by atoms with Crippen LogP contribution in [0.15, 0.2) is 54.6 Å². The molecule has 1 N–H and O–H groups in total. The number of benzene rings is 2. The van der Waals surface area contributed by atoms with Crippen molar-refractivity contribution < 1.29 is 0 Å². The number of nitrogens with one attached hydrogen (secondary N) is 1. The quantitative estimate of drug-likeness (QED) is 0.901. The van der Waals surface area contributed by atoms with Gasteiger partial charge in [0, 0.05) is 25.3 Å². The number of fused-ring (bicyclic) bond motifs is 1. The number of hydrogen-bond donors (Lipinski definition) is 1. The van der Waals surface area contributed by atoms with Gasteiger partial charge in [-0.25, -0.2) is 0 Å². The molecular weight excluding hydrogens is 232 g/mol. The minimum Gasteiger partial charge on any atom is -0.363 e. The molecule has 0 aliphatic carbocycles. The molecule has 0 bridgehead atoms. The maximum absolute atomic E-state index is 3.53. The van der Waals surface area contributed by atoms with Crippen molar-refractivity contribution in [3.8, 4) is 0 Å². The summed E-state index contributed by atoms with van der Waals surface area (Å²) in [6.07, 6.45) is 0. The first-order valence-corrected chi connectivity index (χ1v) is 7.00. The lowest BCUT2D eigenvalue weighted by molar-refractivity contribution is 0.520.